The topological polar surface area (TPSA) is 30.5 Å². The molecule has 2 rings (SSSR count). The van der Waals surface area contributed by atoms with Crippen molar-refractivity contribution in [2.45, 2.75) is 25.8 Å². The molecule has 25 heavy (non-hydrogen) atoms. The van der Waals surface area contributed by atoms with Gasteiger partial charge in [0.05, 0.1) is 19.8 Å². The first-order valence-electron chi connectivity index (χ1n) is 9.00. The van der Waals surface area contributed by atoms with Gasteiger partial charge in [-0.15, -0.1) is 0 Å². The zero-order valence-corrected chi connectivity index (χ0v) is 16.9. The van der Waals surface area contributed by atoms with E-state index in [1.54, 1.807) is 0 Å². The highest BCUT2D eigenvalue weighted by Gasteiger charge is 2.49. The normalized spacial score (nSPS) is 12.3. The molecule has 2 aromatic carbocycles. The molecule has 0 saturated carbocycles. The third-order valence-electron chi connectivity index (χ3n) is 4.46. The largest absolute Gasteiger partial charge is 0.405 e. The second-order valence-corrected chi connectivity index (χ2v) is 11.5. The predicted molar refractivity (Wildman–Crippen MR) is 108 cm³/mol. The Morgan fingerprint density at radius 2 is 1.32 bits per heavy atom. The van der Waals surface area contributed by atoms with Crippen molar-refractivity contribution in [2.75, 3.05) is 33.4 Å². The minimum absolute atomic E-state index is 0.0146. The molecule has 0 aromatic heterocycles. The molecule has 1 N–H and O–H groups in total. The molecule has 3 nitrogen and oxygen atoms in total. The lowest BCUT2D eigenvalue weighted by molar-refractivity contribution is 0.0994. The highest BCUT2D eigenvalue weighted by Crippen LogP contribution is 2.36. The number of likely N-dealkylation sites (N-methyl/N-ethyl adjacent to an activating group) is 1. The van der Waals surface area contributed by atoms with E-state index in [2.05, 4.69) is 86.8 Å². The van der Waals surface area contributed by atoms with E-state index in [9.17, 15) is 0 Å². The third kappa shape index (κ3) is 4.79. The van der Waals surface area contributed by atoms with Crippen LogP contribution in [-0.2, 0) is 9.16 Å². The minimum Gasteiger partial charge on any atom is -0.405 e. The van der Waals surface area contributed by atoms with E-state index in [4.69, 9.17) is 9.16 Å². The molecule has 0 atom stereocenters. The molecule has 0 unspecified atom stereocenters. The molecule has 0 amide bonds. The summed E-state index contributed by atoms with van der Waals surface area (Å²) in [6.07, 6.45) is 0. The summed E-state index contributed by atoms with van der Waals surface area (Å²) >= 11 is 0. The second-order valence-electron chi connectivity index (χ2n) is 7.23. The Hall–Kier alpha value is -1.46. The molecule has 0 aliphatic carbocycles. The van der Waals surface area contributed by atoms with Gasteiger partial charge >= 0.3 is 0 Å². The minimum atomic E-state index is -2.41. The molecule has 0 saturated heterocycles. The van der Waals surface area contributed by atoms with Gasteiger partial charge in [0, 0.05) is 6.54 Å². The van der Waals surface area contributed by atoms with Crippen molar-refractivity contribution < 1.29 is 9.16 Å². The van der Waals surface area contributed by atoms with E-state index in [1.165, 1.54) is 10.4 Å². The van der Waals surface area contributed by atoms with E-state index >= 15 is 0 Å². The van der Waals surface area contributed by atoms with Gasteiger partial charge in [0.15, 0.2) is 0 Å². The van der Waals surface area contributed by atoms with E-state index in [0.29, 0.717) is 19.8 Å². The molecule has 0 aliphatic heterocycles. The molecular weight excluding hydrogens is 326 g/mol. The maximum atomic E-state index is 6.74. The Morgan fingerprint density at radius 1 is 0.800 bits per heavy atom. The summed E-state index contributed by atoms with van der Waals surface area (Å²) in [5, 5.41) is 5.73. The molecule has 0 spiro atoms. The summed E-state index contributed by atoms with van der Waals surface area (Å²) in [6, 6.07) is 21.4. The van der Waals surface area contributed by atoms with Gasteiger partial charge in [-0.3, -0.25) is 0 Å². The number of ether oxygens (including phenoxy) is 1. The van der Waals surface area contributed by atoms with Crippen molar-refractivity contribution in [3.8, 4) is 0 Å². The summed E-state index contributed by atoms with van der Waals surface area (Å²) in [7, 11) is -0.481. The van der Waals surface area contributed by atoms with Crippen molar-refractivity contribution in [2.24, 2.45) is 0 Å². The van der Waals surface area contributed by atoms with Crippen molar-refractivity contribution in [3.63, 3.8) is 0 Å². The average molecular weight is 358 g/mol. The van der Waals surface area contributed by atoms with E-state index in [1.807, 2.05) is 7.05 Å². The van der Waals surface area contributed by atoms with Crippen molar-refractivity contribution in [1.29, 1.82) is 0 Å². The summed E-state index contributed by atoms with van der Waals surface area (Å²) in [5.74, 6) is 0. The van der Waals surface area contributed by atoms with Gasteiger partial charge in [-0.2, -0.15) is 0 Å². The van der Waals surface area contributed by atoms with Crippen LogP contribution in [-0.4, -0.2) is 41.7 Å². The first-order valence-corrected chi connectivity index (χ1v) is 10.9. The van der Waals surface area contributed by atoms with Crippen molar-refractivity contribution in [1.82, 2.24) is 5.32 Å². The van der Waals surface area contributed by atoms with Gasteiger partial charge in [-0.1, -0.05) is 81.4 Å². The Labute approximate surface area is 153 Å². The lowest BCUT2D eigenvalue weighted by atomic mass is 10.2. The average Bonchev–Trinajstić information content (AvgIpc) is 2.62. The molecule has 0 bridgehead atoms. The zero-order valence-electron chi connectivity index (χ0n) is 15.9. The summed E-state index contributed by atoms with van der Waals surface area (Å²) in [5.41, 5.74) is 0. The summed E-state index contributed by atoms with van der Waals surface area (Å²) in [4.78, 5) is 0. The van der Waals surface area contributed by atoms with Gasteiger partial charge in [0.1, 0.15) is 0 Å². The number of rotatable bonds is 9. The Morgan fingerprint density at radius 3 is 1.76 bits per heavy atom. The Kier molecular flexibility index (Phi) is 7.38. The maximum absolute atomic E-state index is 6.74. The highest BCUT2D eigenvalue weighted by atomic mass is 28.4. The van der Waals surface area contributed by atoms with Crippen LogP contribution in [0.25, 0.3) is 0 Å². The third-order valence-corrected chi connectivity index (χ3v) is 9.50. The molecule has 0 heterocycles. The lowest BCUT2D eigenvalue weighted by Gasteiger charge is -2.43. The van der Waals surface area contributed by atoms with Crippen LogP contribution in [0.1, 0.15) is 20.8 Å². The van der Waals surface area contributed by atoms with E-state index < -0.39 is 8.32 Å². The molecule has 136 valence electrons. The number of hydrogen-bond acceptors (Lipinski definition) is 3. The highest BCUT2D eigenvalue weighted by molar-refractivity contribution is 6.99. The summed E-state index contributed by atoms with van der Waals surface area (Å²) < 4.78 is 12.4. The molecule has 0 radical (unpaired) electrons. The second kappa shape index (κ2) is 9.29. The van der Waals surface area contributed by atoms with Crippen molar-refractivity contribution in [3.05, 3.63) is 60.7 Å². The van der Waals surface area contributed by atoms with Crippen LogP contribution >= 0.6 is 0 Å². The van der Waals surface area contributed by atoms with Gasteiger partial charge in [-0.25, -0.2) is 0 Å². The van der Waals surface area contributed by atoms with Gasteiger partial charge < -0.3 is 14.5 Å². The predicted octanol–water partition coefficient (Wildman–Crippen LogP) is 2.80. The monoisotopic (exact) mass is 357 g/mol. The molecule has 0 fully saturated rings. The fraction of sp³-hybridized carbons (Fsp3) is 0.429. The van der Waals surface area contributed by atoms with Crippen LogP contribution in [0, 0.1) is 0 Å². The maximum Gasteiger partial charge on any atom is 0.261 e. The van der Waals surface area contributed by atoms with Crippen LogP contribution in [0.15, 0.2) is 60.7 Å². The molecule has 4 heteroatoms. The van der Waals surface area contributed by atoms with Crippen LogP contribution in [0.2, 0.25) is 5.04 Å². The fourth-order valence-corrected chi connectivity index (χ4v) is 7.84. The van der Waals surface area contributed by atoms with Crippen LogP contribution in [0.5, 0.6) is 0 Å². The van der Waals surface area contributed by atoms with E-state index in [0.717, 1.165) is 6.54 Å². The standard InChI is InChI=1S/C21H31NO2Si/c1-21(2,3)25(19-11-7-5-8-12-19,20-13-9-6-10-14-20)24-18-17-23-16-15-22-4/h5-14,22H,15-18H2,1-4H3. The first-order chi connectivity index (χ1) is 12.0. The first kappa shape index (κ1) is 19.9. The number of benzene rings is 2. The van der Waals surface area contributed by atoms with Crippen LogP contribution in [0.4, 0.5) is 0 Å². The molecule has 2 aromatic rings. The summed E-state index contributed by atoms with van der Waals surface area (Å²) in [6.45, 7) is 9.67. The van der Waals surface area contributed by atoms with Crippen molar-refractivity contribution >= 4 is 18.7 Å². The zero-order chi connectivity index (χ0) is 18.2. The number of hydrogen-bond donors (Lipinski definition) is 1. The smallest absolute Gasteiger partial charge is 0.261 e. The van der Waals surface area contributed by atoms with Gasteiger partial charge in [-0.05, 0) is 22.5 Å². The van der Waals surface area contributed by atoms with Crippen LogP contribution in [0.3, 0.4) is 0 Å². The van der Waals surface area contributed by atoms with Gasteiger partial charge in [0.2, 0.25) is 0 Å². The van der Waals surface area contributed by atoms with Crippen LogP contribution < -0.4 is 15.7 Å². The molecule has 0 aliphatic rings. The SMILES string of the molecule is CNCCOCCO[Si](c1ccccc1)(c1ccccc1)C(C)(C)C. The fourth-order valence-electron chi connectivity index (χ4n) is 3.29. The Balaban J connectivity index is 2.33. The Bertz CT molecular complexity index is 571. The molecular formula is C21H31NO2Si. The van der Waals surface area contributed by atoms with E-state index in [-0.39, 0.29) is 5.04 Å². The van der Waals surface area contributed by atoms with Gasteiger partial charge in [0.25, 0.3) is 8.32 Å². The lowest BCUT2D eigenvalue weighted by Crippen LogP contribution is -2.66. The quantitative estimate of drug-likeness (QED) is 0.553. The number of nitrogens with one attached hydrogen (secondary N) is 1.